The lowest BCUT2D eigenvalue weighted by Gasteiger charge is -2.26. The zero-order valence-electron chi connectivity index (χ0n) is 14.5. The minimum absolute atomic E-state index is 0. The first-order chi connectivity index (χ1) is 10.7. The van der Waals surface area contributed by atoms with Gasteiger partial charge in [-0.25, -0.2) is 8.42 Å². The number of amides is 1. The van der Waals surface area contributed by atoms with Crippen molar-refractivity contribution in [1.29, 1.82) is 0 Å². The first-order valence-corrected chi connectivity index (χ1v) is 9.58. The average molecular weight is 378 g/mol. The van der Waals surface area contributed by atoms with Gasteiger partial charge in [-0.1, -0.05) is 20.8 Å². The number of carbonyl (C=O) groups is 1. The normalized spacial score (nSPS) is 11.5. The van der Waals surface area contributed by atoms with Gasteiger partial charge in [0.1, 0.15) is 0 Å². The molecule has 8 heteroatoms. The Kier molecular flexibility index (Phi) is 9.32. The lowest BCUT2D eigenvalue weighted by atomic mass is 9.94. The smallest absolute Gasteiger partial charge is 0.251 e. The summed E-state index contributed by atoms with van der Waals surface area (Å²) in [5, 5.41) is 2.83. The second kappa shape index (κ2) is 9.86. The molecule has 0 aliphatic carbocycles. The van der Waals surface area contributed by atoms with Crippen molar-refractivity contribution in [2.45, 2.75) is 45.6 Å². The Hall–Kier alpha value is -1.31. The van der Waals surface area contributed by atoms with E-state index in [-0.39, 0.29) is 24.1 Å². The van der Waals surface area contributed by atoms with Gasteiger partial charge in [-0.2, -0.15) is 0 Å². The minimum atomic E-state index is -3.32. The molecule has 0 unspecified atom stereocenters. The van der Waals surface area contributed by atoms with Crippen molar-refractivity contribution in [2.75, 3.05) is 17.0 Å². The van der Waals surface area contributed by atoms with Crippen LogP contribution in [0.15, 0.2) is 24.3 Å². The molecule has 0 spiro atoms. The quantitative estimate of drug-likeness (QED) is 0.615. The molecule has 0 aliphatic heterocycles. The SMILES string of the molecule is CCCS(=O)(=O)Nc1ccc(C(=O)NCC(N)(CC)CC)cc1.Cl. The maximum Gasteiger partial charge on any atom is 0.251 e. The fourth-order valence-corrected chi connectivity index (χ4v) is 3.18. The predicted molar refractivity (Wildman–Crippen MR) is 101 cm³/mol. The Morgan fingerprint density at radius 1 is 1.12 bits per heavy atom. The van der Waals surface area contributed by atoms with E-state index in [0.29, 0.717) is 24.2 Å². The number of hydrogen-bond donors (Lipinski definition) is 3. The number of sulfonamides is 1. The molecule has 24 heavy (non-hydrogen) atoms. The highest BCUT2D eigenvalue weighted by Crippen LogP contribution is 2.13. The molecule has 1 amide bonds. The van der Waals surface area contributed by atoms with Crippen LogP contribution in [0.1, 0.15) is 50.4 Å². The van der Waals surface area contributed by atoms with E-state index in [4.69, 9.17) is 5.73 Å². The predicted octanol–water partition coefficient (Wildman–Crippen LogP) is 2.51. The molecular formula is C16H28ClN3O3S. The van der Waals surface area contributed by atoms with E-state index in [0.717, 1.165) is 12.8 Å². The number of hydrogen-bond acceptors (Lipinski definition) is 4. The monoisotopic (exact) mass is 377 g/mol. The zero-order chi connectivity index (χ0) is 17.5. The number of halogens is 1. The fourth-order valence-electron chi connectivity index (χ4n) is 2.05. The maximum absolute atomic E-state index is 12.1. The first-order valence-electron chi connectivity index (χ1n) is 7.93. The summed E-state index contributed by atoms with van der Waals surface area (Å²) in [5.74, 6) is -0.147. The highest BCUT2D eigenvalue weighted by atomic mass is 35.5. The summed E-state index contributed by atoms with van der Waals surface area (Å²) in [5.41, 5.74) is 6.68. The van der Waals surface area contributed by atoms with Crippen LogP contribution in [0.5, 0.6) is 0 Å². The Balaban J connectivity index is 0.00000529. The van der Waals surface area contributed by atoms with Crippen LogP contribution in [-0.2, 0) is 10.0 Å². The standard InChI is InChI=1S/C16H27N3O3S.ClH/c1-4-11-23(21,22)19-14-9-7-13(8-10-14)15(20)18-12-16(17,5-2)6-3;/h7-10,19H,4-6,11-12,17H2,1-3H3,(H,18,20);1H. The van der Waals surface area contributed by atoms with Gasteiger partial charge in [-0.3, -0.25) is 9.52 Å². The number of nitrogens with two attached hydrogens (primary N) is 1. The third-order valence-electron chi connectivity index (χ3n) is 3.90. The molecule has 0 bridgehead atoms. The van der Waals surface area contributed by atoms with Crippen molar-refractivity contribution in [3.8, 4) is 0 Å². The number of rotatable bonds is 9. The lowest BCUT2D eigenvalue weighted by molar-refractivity contribution is 0.0942. The van der Waals surface area contributed by atoms with Crippen LogP contribution in [0.3, 0.4) is 0 Å². The van der Waals surface area contributed by atoms with E-state index < -0.39 is 15.6 Å². The summed E-state index contributed by atoms with van der Waals surface area (Å²) in [6.07, 6.45) is 2.11. The lowest BCUT2D eigenvalue weighted by Crippen LogP contribution is -2.49. The highest BCUT2D eigenvalue weighted by molar-refractivity contribution is 7.92. The molecule has 0 radical (unpaired) electrons. The van der Waals surface area contributed by atoms with Crippen molar-refractivity contribution >= 4 is 34.0 Å². The number of anilines is 1. The van der Waals surface area contributed by atoms with Crippen molar-refractivity contribution in [3.05, 3.63) is 29.8 Å². The number of nitrogens with one attached hydrogen (secondary N) is 2. The minimum Gasteiger partial charge on any atom is -0.350 e. The number of benzene rings is 1. The summed E-state index contributed by atoms with van der Waals surface area (Å²) in [4.78, 5) is 12.1. The van der Waals surface area contributed by atoms with Gasteiger partial charge in [0.15, 0.2) is 0 Å². The van der Waals surface area contributed by atoms with Crippen LogP contribution in [0.2, 0.25) is 0 Å². The van der Waals surface area contributed by atoms with Gasteiger partial charge >= 0.3 is 0 Å². The van der Waals surface area contributed by atoms with Crippen LogP contribution in [0.25, 0.3) is 0 Å². The van der Waals surface area contributed by atoms with Gasteiger partial charge in [0.05, 0.1) is 5.75 Å². The van der Waals surface area contributed by atoms with E-state index in [9.17, 15) is 13.2 Å². The third kappa shape index (κ3) is 7.07. The van der Waals surface area contributed by atoms with Crippen molar-refractivity contribution in [3.63, 3.8) is 0 Å². The summed E-state index contributed by atoms with van der Waals surface area (Å²) < 4.78 is 25.9. The highest BCUT2D eigenvalue weighted by Gasteiger charge is 2.21. The summed E-state index contributed by atoms with van der Waals surface area (Å²) in [6, 6.07) is 6.35. The number of carbonyl (C=O) groups excluding carboxylic acids is 1. The van der Waals surface area contributed by atoms with Gasteiger partial charge in [0, 0.05) is 23.3 Å². The third-order valence-corrected chi connectivity index (χ3v) is 5.39. The topological polar surface area (TPSA) is 101 Å². The maximum atomic E-state index is 12.1. The van der Waals surface area contributed by atoms with Crippen LogP contribution in [-0.4, -0.2) is 32.2 Å². The van der Waals surface area contributed by atoms with E-state index in [2.05, 4.69) is 10.0 Å². The molecule has 6 nitrogen and oxygen atoms in total. The summed E-state index contributed by atoms with van der Waals surface area (Å²) in [7, 11) is -3.32. The van der Waals surface area contributed by atoms with Crippen LogP contribution in [0.4, 0.5) is 5.69 Å². The van der Waals surface area contributed by atoms with Gasteiger partial charge < -0.3 is 11.1 Å². The molecule has 0 saturated heterocycles. The van der Waals surface area contributed by atoms with Crippen molar-refractivity contribution in [2.24, 2.45) is 5.73 Å². The molecule has 138 valence electrons. The van der Waals surface area contributed by atoms with E-state index >= 15 is 0 Å². The molecule has 1 aromatic carbocycles. The van der Waals surface area contributed by atoms with Crippen molar-refractivity contribution < 1.29 is 13.2 Å². The second-order valence-corrected chi connectivity index (χ2v) is 7.59. The molecule has 1 rings (SSSR count). The Bertz CT molecular complexity index is 614. The molecule has 0 saturated carbocycles. The molecule has 0 aliphatic rings. The first kappa shape index (κ1) is 22.7. The Morgan fingerprint density at radius 2 is 1.67 bits per heavy atom. The van der Waals surface area contributed by atoms with Gasteiger partial charge in [0.2, 0.25) is 10.0 Å². The van der Waals surface area contributed by atoms with Gasteiger partial charge in [-0.15, -0.1) is 12.4 Å². The van der Waals surface area contributed by atoms with E-state index in [1.165, 1.54) is 0 Å². The zero-order valence-corrected chi connectivity index (χ0v) is 16.1. The molecule has 0 atom stereocenters. The molecule has 0 heterocycles. The van der Waals surface area contributed by atoms with Gasteiger partial charge in [0.25, 0.3) is 5.91 Å². The largest absolute Gasteiger partial charge is 0.350 e. The van der Waals surface area contributed by atoms with E-state index in [1.807, 2.05) is 13.8 Å². The van der Waals surface area contributed by atoms with Crippen LogP contribution in [0, 0.1) is 0 Å². The summed E-state index contributed by atoms with van der Waals surface area (Å²) >= 11 is 0. The molecule has 4 N–H and O–H groups in total. The molecule has 1 aromatic rings. The second-order valence-electron chi connectivity index (χ2n) is 5.75. The van der Waals surface area contributed by atoms with Crippen LogP contribution < -0.4 is 15.8 Å². The molecular weight excluding hydrogens is 350 g/mol. The molecule has 0 aromatic heterocycles. The average Bonchev–Trinajstić information content (AvgIpc) is 2.52. The Labute approximate surface area is 151 Å². The van der Waals surface area contributed by atoms with Crippen molar-refractivity contribution in [1.82, 2.24) is 5.32 Å². The molecule has 0 fully saturated rings. The fraction of sp³-hybridized carbons (Fsp3) is 0.562. The summed E-state index contributed by atoms with van der Waals surface area (Å²) in [6.45, 7) is 6.19. The van der Waals surface area contributed by atoms with E-state index in [1.54, 1.807) is 31.2 Å². The Morgan fingerprint density at radius 3 is 2.12 bits per heavy atom. The van der Waals surface area contributed by atoms with Crippen LogP contribution >= 0.6 is 12.4 Å². The van der Waals surface area contributed by atoms with Gasteiger partial charge in [-0.05, 0) is 43.5 Å².